The Balaban J connectivity index is 1.83. The Labute approximate surface area is 116 Å². The molecule has 0 aromatic heterocycles. The molecule has 4 nitrogen and oxygen atoms in total. The molecular weight excluding hydrogens is 240 g/mol. The Morgan fingerprint density at radius 1 is 1.37 bits per heavy atom. The number of hydrogen-bond donors (Lipinski definition) is 1. The molecule has 1 aliphatic carbocycles. The van der Waals surface area contributed by atoms with Crippen molar-refractivity contribution in [1.29, 1.82) is 0 Å². The molecule has 0 aromatic rings. The van der Waals surface area contributed by atoms with Gasteiger partial charge in [-0.15, -0.1) is 0 Å². The normalized spacial score (nSPS) is 29.1. The first-order valence-corrected chi connectivity index (χ1v) is 7.72. The van der Waals surface area contributed by atoms with Crippen molar-refractivity contribution in [2.75, 3.05) is 0 Å². The second-order valence-electron chi connectivity index (χ2n) is 5.79. The van der Waals surface area contributed by atoms with Gasteiger partial charge in [0.25, 0.3) is 0 Å². The number of rotatable bonds is 6. The molecule has 1 heterocycles. The summed E-state index contributed by atoms with van der Waals surface area (Å²) in [5.41, 5.74) is 0. The van der Waals surface area contributed by atoms with Crippen molar-refractivity contribution in [1.82, 2.24) is 5.32 Å². The van der Waals surface area contributed by atoms with E-state index >= 15 is 0 Å². The van der Waals surface area contributed by atoms with Crippen LogP contribution in [0.4, 0.5) is 0 Å². The molecule has 0 radical (unpaired) electrons. The summed E-state index contributed by atoms with van der Waals surface area (Å²) in [4.78, 5) is 16.7. The number of ether oxygens (including phenoxy) is 1. The number of hydrogen-bond acceptors (Lipinski definition) is 3. The lowest BCUT2D eigenvalue weighted by Crippen LogP contribution is -2.43. The Hall–Kier alpha value is -1.06. The molecule has 1 fully saturated rings. The minimum Gasteiger partial charge on any atom is -0.478 e. The lowest BCUT2D eigenvalue weighted by Gasteiger charge is -2.30. The summed E-state index contributed by atoms with van der Waals surface area (Å²) in [5, 5.41) is 3.24. The standard InChI is InChI=1S/C15H26N2O2/c1-3-5-12(6-4-2)17-15(18)11-7-8-14-13(9-11)16-10-19-14/h10-14H,3-9H2,1-2H3,(H,17,18). The lowest BCUT2D eigenvalue weighted by atomic mass is 9.83. The summed E-state index contributed by atoms with van der Waals surface area (Å²) in [7, 11) is 0. The van der Waals surface area contributed by atoms with E-state index in [0.717, 1.165) is 44.9 Å². The first-order chi connectivity index (χ1) is 9.24. The Kier molecular flexibility index (Phi) is 5.23. The van der Waals surface area contributed by atoms with Crippen molar-refractivity contribution < 1.29 is 9.53 Å². The van der Waals surface area contributed by atoms with Gasteiger partial charge < -0.3 is 10.1 Å². The summed E-state index contributed by atoms with van der Waals surface area (Å²) in [5.74, 6) is 0.351. The van der Waals surface area contributed by atoms with Gasteiger partial charge in [0.2, 0.25) is 5.91 Å². The predicted octanol–water partition coefficient (Wildman–Crippen LogP) is 2.67. The summed E-state index contributed by atoms with van der Waals surface area (Å²) >= 11 is 0. The van der Waals surface area contributed by atoms with Crippen molar-refractivity contribution in [3.8, 4) is 0 Å². The average Bonchev–Trinajstić information content (AvgIpc) is 2.86. The van der Waals surface area contributed by atoms with Gasteiger partial charge in [0.15, 0.2) is 6.40 Å². The molecule has 2 rings (SSSR count). The van der Waals surface area contributed by atoms with Crippen molar-refractivity contribution in [2.24, 2.45) is 10.9 Å². The first kappa shape index (κ1) is 14.4. The zero-order chi connectivity index (χ0) is 13.7. The number of amides is 1. The summed E-state index contributed by atoms with van der Waals surface area (Å²) in [6.07, 6.45) is 8.93. The van der Waals surface area contributed by atoms with Crippen LogP contribution in [0.1, 0.15) is 58.8 Å². The van der Waals surface area contributed by atoms with E-state index in [-0.39, 0.29) is 24.0 Å². The third-order valence-electron chi connectivity index (χ3n) is 4.23. The van der Waals surface area contributed by atoms with E-state index < -0.39 is 0 Å². The fourth-order valence-corrected chi connectivity index (χ4v) is 3.17. The number of nitrogens with one attached hydrogen (secondary N) is 1. The molecule has 0 saturated heterocycles. The molecule has 3 unspecified atom stereocenters. The highest BCUT2D eigenvalue weighted by Crippen LogP contribution is 2.31. The smallest absolute Gasteiger partial charge is 0.223 e. The van der Waals surface area contributed by atoms with E-state index in [1.54, 1.807) is 6.40 Å². The molecule has 108 valence electrons. The topological polar surface area (TPSA) is 50.7 Å². The van der Waals surface area contributed by atoms with Crippen LogP contribution in [0.2, 0.25) is 0 Å². The van der Waals surface area contributed by atoms with Crippen molar-refractivity contribution in [3.05, 3.63) is 0 Å². The highest BCUT2D eigenvalue weighted by atomic mass is 16.5. The van der Waals surface area contributed by atoms with Crippen LogP contribution in [0.3, 0.4) is 0 Å². The third-order valence-corrected chi connectivity index (χ3v) is 4.23. The Morgan fingerprint density at radius 3 is 2.79 bits per heavy atom. The molecule has 1 saturated carbocycles. The van der Waals surface area contributed by atoms with Crippen molar-refractivity contribution >= 4 is 12.3 Å². The fraction of sp³-hybridized carbons (Fsp3) is 0.867. The Bertz CT molecular complexity index is 324. The van der Waals surface area contributed by atoms with Gasteiger partial charge in [0.05, 0.1) is 6.04 Å². The van der Waals surface area contributed by atoms with E-state index in [0.29, 0.717) is 6.04 Å². The van der Waals surface area contributed by atoms with Crippen molar-refractivity contribution in [3.63, 3.8) is 0 Å². The maximum absolute atomic E-state index is 12.3. The van der Waals surface area contributed by atoms with E-state index in [9.17, 15) is 4.79 Å². The average molecular weight is 266 g/mol. The zero-order valence-electron chi connectivity index (χ0n) is 12.1. The summed E-state index contributed by atoms with van der Waals surface area (Å²) < 4.78 is 5.42. The van der Waals surface area contributed by atoms with E-state index in [1.165, 1.54) is 0 Å². The zero-order valence-corrected chi connectivity index (χ0v) is 12.1. The largest absolute Gasteiger partial charge is 0.478 e. The van der Waals surface area contributed by atoms with Gasteiger partial charge in [0.1, 0.15) is 6.10 Å². The number of nitrogens with zero attached hydrogens (tertiary/aromatic N) is 1. The molecule has 0 spiro atoms. The van der Waals surface area contributed by atoms with Crippen LogP contribution in [0.15, 0.2) is 4.99 Å². The minimum atomic E-state index is 0.122. The molecule has 4 heteroatoms. The number of carbonyl (C=O) groups excluding carboxylic acids is 1. The molecule has 1 amide bonds. The highest BCUT2D eigenvalue weighted by Gasteiger charge is 2.37. The van der Waals surface area contributed by atoms with Gasteiger partial charge in [-0.1, -0.05) is 26.7 Å². The summed E-state index contributed by atoms with van der Waals surface area (Å²) in [6.45, 7) is 4.34. The van der Waals surface area contributed by atoms with Crippen LogP contribution in [0.5, 0.6) is 0 Å². The summed E-state index contributed by atoms with van der Waals surface area (Å²) in [6, 6.07) is 0.559. The predicted molar refractivity (Wildman–Crippen MR) is 76.2 cm³/mol. The van der Waals surface area contributed by atoms with Gasteiger partial charge in [-0.3, -0.25) is 9.79 Å². The molecule has 1 aliphatic heterocycles. The Morgan fingerprint density at radius 2 is 2.11 bits per heavy atom. The molecule has 3 atom stereocenters. The maximum Gasteiger partial charge on any atom is 0.223 e. The van der Waals surface area contributed by atoms with Crippen LogP contribution >= 0.6 is 0 Å². The molecule has 19 heavy (non-hydrogen) atoms. The molecule has 0 aromatic carbocycles. The van der Waals surface area contributed by atoms with Gasteiger partial charge in [-0.2, -0.15) is 0 Å². The second-order valence-corrected chi connectivity index (χ2v) is 5.79. The van der Waals surface area contributed by atoms with Crippen LogP contribution in [-0.2, 0) is 9.53 Å². The first-order valence-electron chi connectivity index (χ1n) is 7.72. The number of carbonyl (C=O) groups is 1. The molecule has 1 N–H and O–H groups in total. The quantitative estimate of drug-likeness (QED) is 0.803. The van der Waals surface area contributed by atoms with E-state index in [2.05, 4.69) is 24.2 Å². The second kappa shape index (κ2) is 6.92. The van der Waals surface area contributed by atoms with Crippen LogP contribution < -0.4 is 5.32 Å². The fourth-order valence-electron chi connectivity index (χ4n) is 3.17. The monoisotopic (exact) mass is 266 g/mol. The van der Waals surface area contributed by atoms with Gasteiger partial charge in [-0.05, 0) is 32.1 Å². The number of fused-ring (bicyclic) bond motifs is 1. The van der Waals surface area contributed by atoms with E-state index in [1.807, 2.05) is 0 Å². The van der Waals surface area contributed by atoms with E-state index in [4.69, 9.17) is 4.74 Å². The maximum atomic E-state index is 12.3. The van der Waals surface area contributed by atoms with Gasteiger partial charge in [0, 0.05) is 12.0 Å². The minimum absolute atomic E-state index is 0.122. The van der Waals surface area contributed by atoms with Gasteiger partial charge in [-0.25, -0.2) is 0 Å². The van der Waals surface area contributed by atoms with Crippen LogP contribution in [0.25, 0.3) is 0 Å². The third kappa shape index (κ3) is 3.71. The van der Waals surface area contributed by atoms with Crippen LogP contribution in [0, 0.1) is 5.92 Å². The van der Waals surface area contributed by atoms with Crippen molar-refractivity contribution in [2.45, 2.75) is 77.0 Å². The molecule has 0 bridgehead atoms. The number of aliphatic imine (C=N–C) groups is 1. The van der Waals surface area contributed by atoms with Crippen LogP contribution in [-0.4, -0.2) is 30.5 Å². The van der Waals surface area contributed by atoms with Gasteiger partial charge >= 0.3 is 0 Å². The highest BCUT2D eigenvalue weighted by molar-refractivity contribution is 5.79. The molecule has 2 aliphatic rings. The molecular formula is C15H26N2O2. The lowest BCUT2D eigenvalue weighted by molar-refractivity contribution is -0.127. The SMILES string of the molecule is CCCC(CCC)NC(=O)C1CCC2OC=NC2C1.